The Morgan fingerprint density at radius 1 is 1.56 bits per heavy atom. The number of carbonyl (C=O) groups excluding carboxylic acids is 1. The van der Waals surface area contributed by atoms with E-state index < -0.39 is 0 Å². The third kappa shape index (κ3) is 2.48. The molecule has 18 heavy (non-hydrogen) atoms. The van der Waals surface area contributed by atoms with Crippen molar-refractivity contribution < 1.29 is 4.79 Å². The van der Waals surface area contributed by atoms with Crippen molar-refractivity contribution in [1.29, 1.82) is 0 Å². The summed E-state index contributed by atoms with van der Waals surface area (Å²) >= 11 is 5.87. The topological polar surface area (TPSA) is 75.4 Å². The molecule has 1 fully saturated rings. The molecule has 1 aliphatic rings. The molecule has 0 aliphatic carbocycles. The minimum absolute atomic E-state index is 0.0702. The zero-order valence-corrected chi connectivity index (χ0v) is 11.2. The molecule has 1 amide bonds. The van der Waals surface area contributed by atoms with Gasteiger partial charge in [0, 0.05) is 26.7 Å². The molecule has 0 aromatic carbocycles. The van der Waals surface area contributed by atoms with Crippen LogP contribution >= 0.6 is 11.6 Å². The van der Waals surface area contributed by atoms with Crippen molar-refractivity contribution in [1.82, 2.24) is 14.9 Å². The van der Waals surface area contributed by atoms with Crippen LogP contribution in [0, 0.1) is 0 Å². The smallest absolute Gasteiger partial charge is 0.244 e. The van der Waals surface area contributed by atoms with Crippen LogP contribution in [0.5, 0.6) is 0 Å². The molecule has 0 radical (unpaired) electrons. The second-order valence-electron chi connectivity index (χ2n) is 4.49. The van der Waals surface area contributed by atoms with Crippen LogP contribution in [0.25, 0.3) is 0 Å². The van der Waals surface area contributed by atoms with Crippen molar-refractivity contribution in [3.63, 3.8) is 0 Å². The highest BCUT2D eigenvalue weighted by Crippen LogP contribution is 2.26. The Morgan fingerprint density at radius 3 is 2.89 bits per heavy atom. The molecule has 0 spiro atoms. The largest absolute Gasteiger partial charge is 0.368 e. The first-order valence-corrected chi connectivity index (χ1v) is 6.14. The molecule has 1 saturated heterocycles. The Kier molecular flexibility index (Phi) is 3.56. The fraction of sp³-hybridized carbons (Fsp3) is 0.545. The minimum Gasteiger partial charge on any atom is -0.368 e. The van der Waals surface area contributed by atoms with Crippen LogP contribution in [-0.2, 0) is 4.79 Å². The van der Waals surface area contributed by atoms with E-state index in [0.717, 1.165) is 19.4 Å². The predicted molar refractivity (Wildman–Crippen MR) is 70.5 cm³/mol. The molecule has 2 rings (SSSR count). The highest BCUT2D eigenvalue weighted by Gasteiger charge is 2.32. The summed E-state index contributed by atoms with van der Waals surface area (Å²) in [5.74, 6) is 0.812. The van der Waals surface area contributed by atoms with Gasteiger partial charge in [-0.3, -0.25) is 4.79 Å². The number of nitrogen functional groups attached to an aromatic ring is 1. The summed E-state index contributed by atoms with van der Waals surface area (Å²) in [5, 5.41) is 0.292. The summed E-state index contributed by atoms with van der Waals surface area (Å²) in [6.45, 7) is 0.775. The molecule has 1 aromatic heterocycles. The Morgan fingerprint density at radius 2 is 2.28 bits per heavy atom. The Balaban J connectivity index is 2.28. The molecule has 0 saturated carbocycles. The summed E-state index contributed by atoms with van der Waals surface area (Å²) in [6, 6.07) is 1.45. The van der Waals surface area contributed by atoms with E-state index in [2.05, 4.69) is 9.97 Å². The number of anilines is 2. The maximum absolute atomic E-state index is 12.1. The molecule has 1 unspecified atom stereocenters. The van der Waals surface area contributed by atoms with Crippen LogP contribution in [-0.4, -0.2) is 47.5 Å². The number of nitrogens with zero attached hydrogens (tertiary/aromatic N) is 4. The number of hydrogen-bond acceptors (Lipinski definition) is 5. The summed E-state index contributed by atoms with van der Waals surface area (Å²) in [6.07, 6.45) is 1.77. The summed E-state index contributed by atoms with van der Waals surface area (Å²) in [5.41, 5.74) is 5.58. The third-order valence-corrected chi connectivity index (χ3v) is 3.17. The summed E-state index contributed by atoms with van der Waals surface area (Å²) in [7, 11) is 3.50. The second kappa shape index (κ2) is 4.97. The average Bonchev–Trinajstić information content (AvgIpc) is 2.75. The van der Waals surface area contributed by atoms with Gasteiger partial charge in [-0.2, -0.15) is 4.98 Å². The normalized spacial score (nSPS) is 19.1. The van der Waals surface area contributed by atoms with E-state index in [0.29, 0.717) is 11.0 Å². The van der Waals surface area contributed by atoms with E-state index in [1.54, 1.807) is 25.1 Å². The zero-order valence-electron chi connectivity index (χ0n) is 10.4. The van der Waals surface area contributed by atoms with Crippen molar-refractivity contribution in [2.45, 2.75) is 18.9 Å². The number of halogens is 1. The van der Waals surface area contributed by atoms with Gasteiger partial charge in [-0.15, -0.1) is 0 Å². The average molecular weight is 270 g/mol. The van der Waals surface area contributed by atoms with Crippen molar-refractivity contribution in [2.75, 3.05) is 31.3 Å². The van der Waals surface area contributed by atoms with Gasteiger partial charge in [0.05, 0.1) is 0 Å². The first kappa shape index (κ1) is 12.9. The molecule has 98 valence electrons. The van der Waals surface area contributed by atoms with Crippen molar-refractivity contribution in [3.8, 4) is 0 Å². The molecule has 1 aromatic rings. The third-order valence-electron chi connectivity index (χ3n) is 2.97. The maximum Gasteiger partial charge on any atom is 0.244 e. The Labute approximate surface area is 111 Å². The van der Waals surface area contributed by atoms with Gasteiger partial charge >= 0.3 is 0 Å². The molecule has 1 atom stereocenters. The number of aromatic nitrogens is 2. The Bertz CT molecular complexity index is 444. The van der Waals surface area contributed by atoms with E-state index in [4.69, 9.17) is 17.3 Å². The maximum atomic E-state index is 12.1. The molecular formula is C11H16ClN5O. The van der Waals surface area contributed by atoms with Crippen LogP contribution in [0.15, 0.2) is 6.07 Å². The number of rotatable bonds is 2. The lowest BCUT2D eigenvalue weighted by molar-refractivity contribution is -0.129. The van der Waals surface area contributed by atoms with Crippen molar-refractivity contribution >= 4 is 29.3 Å². The fourth-order valence-electron chi connectivity index (χ4n) is 2.17. The molecule has 6 nitrogen and oxygen atoms in total. The van der Waals surface area contributed by atoms with Crippen molar-refractivity contribution in [2.24, 2.45) is 0 Å². The summed E-state index contributed by atoms with van der Waals surface area (Å²) in [4.78, 5) is 23.6. The van der Waals surface area contributed by atoms with E-state index in [1.165, 1.54) is 0 Å². The van der Waals surface area contributed by atoms with Crippen LogP contribution in [0.1, 0.15) is 12.8 Å². The number of nitrogens with two attached hydrogens (primary N) is 1. The van der Waals surface area contributed by atoms with Gasteiger partial charge < -0.3 is 15.5 Å². The van der Waals surface area contributed by atoms with Gasteiger partial charge in [0.15, 0.2) is 0 Å². The zero-order chi connectivity index (χ0) is 13.3. The standard InChI is InChI=1S/C11H16ClN5O/c1-16(2)10(18)7-4-3-5-17(7)9-6-8(12)14-11(13)15-9/h6-7H,3-5H2,1-2H3,(H2,13,14,15). The quantitative estimate of drug-likeness (QED) is 0.803. The van der Waals surface area contributed by atoms with Gasteiger partial charge in [-0.25, -0.2) is 4.98 Å². The van der Waals surface area contributed by atoms with Gasteiger partial charge in [0.1, 0.15) is 17.0 Å². The first-order valence-electron chi connectivity index (χ1n) is 5.77. The number of hydrogen-bond donors (Lipinski definition) is 1. The lowest BCUT2D eigenvalue weighted by Crippen LogP contribution is -2.43. The number of carbonyl (C=O) groups is 1. The molecule has 2 heterocycles. The molecule has 0 bridgehead atoms. The summed E-state index contributed by atoms with van der Waals surface area (Å²) < 4.78 is 0. The van der Waals surface area contributed by atoms with Crippen LogP contribution in [0.3, 0.4) is 0 Å². The van der Waals surface area contributed by atoms with E-state index >= 15 is 0 Å². The SMILES string of the molecule is CN(C)C(=O)C1CCCN1c1cc(Cl)nc(N)n1. The fourth-order valence-corrected chi connectivity index (χ4v) is 2.35. The number of likely N-dealkylation sites (N-methyl/N-ethyl adjacent to an activating group) is 1. The predicted octanol–water partition coefficient (Wildman–Crippen LogP) is 0.769. The first-order chi connectivity index (χ1) is 8.49. The lowest BCUT2D eigenvalue weighted by atomic mass is 10.2. The van der Waals surface area contributed by atoms with Gasteiger partial charge in [-0.05, 0) is 12.8 Å². The monoisotopic (exact) mass is 269 g/mol. The van der Waals surface area contributed by atoms with E-state index in [1.807, 2.05) is 4.90 Å². The Hall–Kier alpha value is -1.56. The van der Waals surface area contributed by atoms with Gasteiger partial charge in [-0.1, -0.05) is 11.6 Å². The molecule has 7 heteroatoms. The lowest BCUT2D eigenvalue weighted by Gasteiger charge is -2.27. The molecule has 2 N–H and O–H groups in total. The number of amides is 1. The van der Waals surface area contributed by atoms with Gasteiger partial charge in [0.25, 0.3) is 0 Å². The highest BCUT2D eigenvalue weighted by atomic mass is 35.5. The van der Waals surface area contributed by atoms with Crippen LogP contribution in [0.4, 0.5) is 11.8 Å². The highest BCUT2D eigenvalue weighted by molar-refractivity contribution is 6.29. The second-order valence-corrected chi connectivity index (χ2v) is 4.88. The minimum atomic E-state index is -0.189. The van der Waals surface area contributed by atoms with Crippen LogP contribution in [0.2, 0.25) is 5.15 Å². The van der Waals surface area contributed by atoms with Crippen molar-refractivity contribution in [3.05, 3.63) is 11.2 Å². The van der Waals surface area contributed by atoms with Gasteiger partial charge in [0.2, 0.25) is 11.9 Å². The molecular weight excluding hydrogens is 254 g/mol. The van der Waals surface area contributed by atoms with E-state index in [9.17, 15) is 4.79 Å². The van der Waals surface area contributed by atoms with Crippen LogP contribution < -0.4 is 10.6 Å². The van der Waals surface area contributed by atoms with E-state index in [-0.39, 0.29) is 17.9 Å². The molecule has 1 aliphatic heterocycles.